The number of carbonyl (C=O) groups excluding carboxylic acids is 2. The normalized spacial score (nSPS) is 31.6. The van der Waals surface area contributed by atoms with Crippen LogP contribution in [-0.2, 0) is 14.3 Å². The van der Waals surface area contributed by atoms with Gasteiger partial charge >= 0.3 is 0 Å². The summed E-state index contributed by atoms with van der Waals surface area (Å²) in [6, 6.07) is -0.269. The van der Waals surface area contributed by atoms with Crippen molar-refractivity contribution in [2.75, 3.05) is 39.3 Å². The molecule has 1 N–H and O–H groups in total. The van der Waals surface area contributed by atoms with Gasteiger partial charge < -0.3 is 19.9 Å². The van der Waals surface area contributed by atoms with E-state index in [-0.39, 0.29) is 42.3 Å². The fourth-order valence-corrected chi connectivity index (χ4v) is 3.78. The van der Waals surface area contributed by atoms with E-state index in [4.69, 9.17) is 4.74 Å². The molecule has 3 aliphatic rings. The van der Waals surface area contributed by atoms with Crippen molar-refractivity contribution in [3.8, 4) is 0 Å². The molecular weight excluding hydrogens is 318 g/mol. The van der Waals surface area contributed by atoms with E-state index in [2.05, 4.69) is 5.32 Å². The Morgan fingerprint density at radius 1 is 1.04 bits per heavy atom. The number of likely N-dealkylation sites (tertiary alicyclic amines) is 2. The van der Waals surface area contributed by atoms with Gasteiger partial charge in [-0.05, 0) is 32.6 Å². The van der Waals surface area contributed by atoms with Crippen molar-refractivity contribution in [2.24, 2.45) is 5.92 Å². The fraction of sp³-hybridized carbons (Fsp3) is 0.875. The number of hydrogen-bond acceptors (Lipinski definition) is 4. The molecule has 3 rings (SSSR count). The minimum atomic E-state index is -0.269. The lowest BCUT2D eigenvalue weighted by atomic mass is 9.95. The summed E-state index contributed by atoms with van der Waals surface area (Å²) in [6.07, 6.45) is 3.95. The zero-order chi connectivity index (χ0) is 15.5. The average Bonchev–Trinajstić information content (AvgIpc) is 3.08. The zero-order valence-electron chi connectivity index (χ0n) is 13.8. The minimum Gasteiger partial charge on any atom is -0.375 e. The van der Waals surface area contributed by atoms with Crippen LogP contribution in [0.3, 0.4) is 0 Å². The highest BCUT2D eigenvalue weighted by atomic mass is 35.5. The molecule has 0 radical (unpaired) electrons. The maximum Gasteiger partial charge on any atom is 0.242 e. The van der Waals surface area contributed by atoms with E-state index in [9.17, 15) is 9.59 Å². The molecule has 0 bridgehead atoms. The number of nitrogens with one attached hydrogen (secondary N) is 1. The van der Waals surface area contributed by atoms with Crippen LogP contribution in [0.2, 0.25) is 0 Å². The molecule has 0 aromatic carbocycles. The average molecular weight is 346 g/mol. The topological polar surface area (TPSA) is 61.9 Å². The van der Waals surface area contributed by atoms with Crippen LogP contribution >= 0.6 is 12.4 Å². The molecule has 0 aromatic heterocycles. The van der Waals surface area contributed by atoms with E-state index in [0.29, 0.717) is 19.7 Å². The van der Waals surface area contributed by atoms with Gasteiger partial charge in [-0.1, -0.05) is 0 Å². The van der Waals surface area contributed by atoms with E-state index in [1.807, 2.05) is 16.7 Å². The third kappa shape index (κ3) is 4.17. The lowest BCUT2D eigenvalue weighted by Crippen LogP contribution is -2.58. The Balaban J connectivity index is 0.00000192. The highest BCUT2D eigenvalue weighted by Crippen LogP contribution is 2.22. The number of halogens is 1. The van der Waals surface area contributed by atoms with Crippen molar-refractivity contribution >= 4 is 24.2 Å². The summed E-state index contributed by atoms with van der Waals surface area (Å²) < 4.78 is 5.57. The first-order chi connectivity index (χ1) is 10.7. The van der Waals surface area contributed by atoms with Gasteiger partial charge in [-0.25, -0.2) is 0 Å². The van der Waals surface area contributed by atoms with Crippen LogP contribution in [0.5, 0.6) is 0 Å². The maximum atomic E-state index is 12.7. The Hall–Kier alpha value is -0.850. The molecule has 132 valence electrons. The van der Waals surface area contributed by atoms with Crippen molar-refractivity contribution in [3.63, 3.8) is 0 Å². The molecule has 3 heterocycles. The van der Waals surface area contributed by atoms with E-state index in [1.54, 1.807) is 0 Å². The number of morpholine rings is 1. The lowest BCUT2D eigenvalue weighted by molar-refractivity contribution is -0.144. The molecular formula is C16H28ClN3O3. The van der Waals surface area contributed by atoms with Gasteiger partial charge in [0.05, 0.1) is 18.6 Å². The molecule has 3 atom stereocenters. The summed E-state index contributed by atoms with van der Waals surface area (Å²) in [7, 11) is 0. The molecule has 0 aromatic rings. The molecule has 2 amide bonds. The first-order valence-corrected chi connectivity index (χ1v) is 8.59. The quantitative estimate of drug-likeness (QED) is 0.798. The Morgan fingerprint density at radius 2 is 1.74 bits per heavy atom. The number of nitrogens with zero attached hydrogens (tertiary/aromatic N) is 2. The van der Waals surface area contributed by atoms with E-state index in [1.165, 1.54) is 0 Å². The molecule has 0 aliphatic carbocycles. The number of rotatable bonds is 2. The van der Waals surface area contributed by atoms with Gasteiger partial charge in [-0.3, -0.25) is 9.59 Å². The monoisotopic (exact) mass is 345 g/mol. The van der Waals surface area contributed by atoms with Gasteiger partial charge in [0, 0.05) is 32.7 Å². The molecule has 3 fully saturated rings. The van der Waals surface area contributed by atoms with Gasteiger partial charge in [0.1, 0.15) is 6.04 Å². The molecule has 1 unspecified atom stereocenters. The number of carbonyl (C=O) groups is 2. The van der Waals surface area contributed by atoms with Crippen LogP contribution in [-0.4, -0.2) is 73.1 Å². The largest absolute Gasteiger partial charge is 0.375 e. The van der Waals surface area contributed by atoms with Crippen LogP contribution in [0, 0.1) is 5.92 Å². The van der Waals surface area contributed by atoms with Crippen molar-refractivity contribution in [1.29, 1.82) is 0 Å². The second kappa shape index (κ2) is 8.31. The predicted octanol–water partition coefficient (Wildman–Crippen LogP) is 0.646. The smallest absolute Gasteiger partial charge is 0.242 e. The van der Waals surface area contributed by atoms with Crippen LogP contribution in [0.4, 0.5) is 0 Å². The second-order valence-electron chi connectivity index (χ2n) is 6.66. The molecule has 23 heavy (non-hydrogen) atoms. The van der Waals surface area contributed by atoms with Crippen LogP contribution in [0.15, 0.2) is 0 Å². The molecule has 7 heteroatoms. The van der Waals surface area contributed by atoms with Crippen molar-refractivity contribution in [1.82, 2.24) is 15.1 Å². The summed E-state index contributed by atoms with van der Waals surface area (Å²) in [4.78, 5) is 29.1. The number of piperidine rings is 1. The van der Waals surface area contributed by atoms with Gasteiger partial charge in [-0.15, -0.1) is 12.4 Å². The van der Waals surface area contributed by atoms with Crippen molar-refractivity contribution in [2.45, 2.75) is 44.8 Å². The number of amides is 2. The summed E-state index contributed by atoms with van der Waals surface area (Å²) in [5.41, 5.74) is 0. The fourth-order valence-electron chi connectivity index (χ4n) is 3.78. The molecule has 6 nitrogen and oxygen atoms in total. The molecule has 0 spiro atoms. The minimum absolute atomic E-state index is 0. The zero-order valence-corrected chi connectivity index (χ0v) is 14.6. The van der Waals surface area contributed by atoms with Crippen molar-refractivity contribution in [3.05, 3.63) is 0 Å². The van der Waals surface area contributed by atoms with Gasteiger partial charge in [-0.2, -0.15) is 0 Å². The number of hydrogen-bond donors (Lipinski definition) is 1. The standard InChI is InChI=1S/C16H27N3O3.ClH/c1-12-14(17-6-10-22-12)16(21)19-9-4-5-13(11-19)15(20)18-7-2-3-8-18;/h12-14,17H,2-11H2,1H3;1H/t12-,13?,14+;/m1./s1. The highest BCUT2D eigenvalue weighted by molar-refractivity contribution is 5.85. The lowest BCUT2D eigenvalue weighted by Gasteiger charge is -2.38. The summed E-state index contributed by atoms with van der Waals surface area (Å²) in [6.45, 7) is 6.40. The van der Waals surface area contributed by atoms with Gasteiger partial charge in [0.2, 0.25) is 11.8 Å². The summed E-state index contributed by atoms with van der Waals surface area (Å²) in [5, 5.41) is 3.25. The van der Waals surface area contributed by atoms with Crippen LogP contribution in [0.25, 0.3) is 0 Å². The maximum absolute atomic E-state index is 12.7. The first-order valence-electron chi connectivity index (χ1n) is 8.59. The number of ether oxygens (including phenoxy) is 1. The van der Waals surface area contributed by atoms with Gasteiger partial charge in [0.15, 0.2) is 0 Å². The molecule has 3 saturated heterocycles. The Labute approximate surface area is 144 Å². The third-order valence-electron chi connectivity index (χ3n) is 5.08. The first kappa shape index (κ1) is 18.5. The van der Waals surface area contributed by atoms with E-state index < -0.39 is 0 Å². The van der Waals surface area contributed by atoms with Crippen LogP contribution < -0.4 is 5.32 Å². The van der Waals surface area contributed by atoms with Gasteiger partial charge in [0.25, 0.3) is 0 Å². The summed E-state index contributed by atoms with van der Waals surface area (Å²) in [5.74, 6) is 0.317. The van der Waals surface area contributed by atoms with E-state index >= 15 is 0 Å². The highest BCUT2D eigenvalue weighted by Gasteiger charge is 2.36. The summed E-state index contributed by atoms with van der Waals surface area (Å²) >= 11 is 0. The van der Waals surface area contributed by atoms with Crippen molar-refractivity contribution < 1.29 is 14.3 Å². The van der Waals surface area contributed by atoms with Crippen LogP contribution in [0.1, 0.15) is 32.6 Å². The Bertz CT molecular complexity index is 429. The Kier molecular flexibility index (Phi) is 6.68. The SMILES string of the molecule is C[C@H]1OCCN[C@@H]1C(=O)N1CCCC(C(=O)N2CCCC2)C1.Cl. The molecule has 3 aliphatic heterocycles. The molecule has 0 saturated carbocycles. The predicted molar refractivity (Wildman–Crippen MR) is 89.6 cm³/mol. The second-order valence-corrected chi connectivity index (χ2v) is 6.66. The third-order valence-corrected chi connectivity index (χ3v) is 5.08. The van der Waals surface area contributed by atoms with E-state index in [0.717, 1.165) is 45.3 Å². The Morgan fingerprint density at radius 3 is 2.43 bits per heavy atom.